The van der Waals surface area contributed by atoms with Crippen molar-refractivity contribution < 1.29 is 0 Å². The van der Waals surface area contributed by atoms with Gasteiger partial charge < -0.3 is 10.6 Å². The number of rotatable bonds is 4. The van der Waals surface area contributed by atoms with Gasteiger partial charge >= 0.3 is 0 Å². The Morgan fingerprint density at radius 3 is 2.91 bits per heavy atom. The maximum atomic E-state index is 5.76. The van der Waals surface area contributed by atoms with E-state index in [0.717, 1.165) is 49.5 Å². The quantitative estimate of drug-likeness (QED) is 0.942. The molecule has 0 spiro atoms. The highest BCUT2D eigenvalue weighted by atomic mass is 15.4. The minimum absolute atomic E-state index is 0.699. The summed E-state index contributed by atoms with van der Waals surface area (Å²) >= 11 is 0. The molecule has 1 aliphatic heterocycles. The van der Waals surface area contributed by atoms with Crippen molar-refractivity contribution in [2.45, 2.75) is 46.5 Å². The van der Waals surface area contributed by atoms with E-state index in [0.29, 0.717) is 5.92 Å². The molecule has 1 aliphatic rings. The van der Waals surface area contributed by atoms with E-state index in [4.69, 9.17) is 15.8 Å². The third kappa shape index (κ3) is 2.70. The van der Waals surface area contributed by atoms with Crippen molar-refractivity contribution in [2.24, 2.45) is 11.7 Å². The zero-order valence-electron chi connectivity index (χ0n) is 14.0. The average molecular weight is 301 g/mol. The summed E-state index contributed by atoms with van der Waals surface area (Å²) in [6, 6.07) is 2.21. The van der Waals surface area contributed by atoms with Crippen molar-refractivity contribution in [1.29, 1.82) is 0 Å². The number of aromatic nitrogens is 3. The van der Waals surface area contributed by atoms with E-state index in [-0.39, 0.29) is 0 Å². The van der Waals surface area contributed by atoms with Crippen molar-refractivity contribution in [3.63, 3.8) is 0 Å². The predicted molar refractivity (Wildman–Crippen MR) is 90.4 cm³/mol. The van der Waals surface area contributed by atoms with Gasteiger partial charge in [-0.25, -0.2) is 4.98 Å². The third-order valence-electron chi connectivity index (χ3n) is 4.87. The van der Waals surface area contributed by atoms with Crippen LogP contribution in [0.15, 0.2) is 6.07 Å². The normalized spacial score (nSPS) is 19.1. The Balaban J connectivity index is 2.03. The number of hydrogen-bond donors (Lipinski definition) is 1. The minimum Gasteiger partial charge on any atom is -0.356 e. The number of nitrogens with two attached hydrogens (primary N) is 1. The zero-order valence-corrected chi connectivity index (χ0v) is 14.0. The van der Waals surface area contributed by atoms with Gasteiger partial charge in [0.05, 0.1) is 5.69 Å². The van der Waals surface area contributed by atoms with Crippen LogP contribution in [0.3, 0.4) is 0 Å². The Labute approximate surface area is 132 Å². The molecule has 0 radical (unpaired) electrons. The first kappa shape index (κ1) is 15.3. The monoisotopic (exact) mass is 301 g/mol. The highest BCUT2D eigenvalue weighted by Crippen LogP contribution is 2.27. The van der Waals surface area contributed by atoms with Crippen LogP contribution in [0.2, 0.25) is 0 Å². The Morgan fingerprint density at radius 1 is 1.36 bits per heavy atom. The summed E-state index contributed by atoms with van der Waals surface area (Å²) < 4.78 is 2.04. The fourth-order valence-electron chi connectivity index (χ4n) is 3.41. The number of fused-ring (bicyclic) bond motifs is 1. The van der Waals surface area contributed by atoms with E-state index < -0.39 is 0 Å². The highest BCUT2D eigenvalue weighted by molar-refractivity contribution is 5.57. The van der Waals surface area contributed by atoms with Gasteiger partial charge in [0.1, 0.15) is 5.82 Å². The predicted octanol–water partition coefficient (Wildman–Crippen LogP) is 2.47. The van der Waals surface area contributed by atoms with Gasteiger partial charge in [0.25, 0.3) is 0 Å². The van der Waals surface area contributed by atoms with Crippen LogP contribution < -0.4 is 10.6 Å². The lowest BCUT2D eigenvalue weighted by atomic mass is 9.95. The number of piperidine rings is 1. The van der Waals surface area contributed by atoms with E-state index in [1.165, 1.54) is 24.2 Å². The third-order valence-corrected chi connectivity index (χ3v) is 4.87. The Bertz CT molecular complexity index is 659. The van der Waals surface area contributed by atoms with Crippen molar-refractivity contribution >= 4 is 11.5 Å². The van der Waals surface area contributed by atoms with Gasteiger partial charge in [0, 0.05) is 30.4 Å². The van der Waals surface area contributed by atoms with Crippen LogP contribution in [-0.4, -0.2) is 34.2 Å². The number of hydrogen-bond acceptors (Lipinski definition) is 4. The van der Waals surface area contributed by atoms with Gasteiger partial charge in [-0.3, -0.25) is 0 Å². The lowest BCUT2D eigenvalue weighted by Gasteiger charge is -2.34. The van der Waals surface area contributed by atoms with Crippen LogP contribution in [0.5, 0.6) is 0 Å². The molecule has 3 heterocycles. The number of nitrogens with zero attached hydrogens (tertiary/aromatic N) is 4. The zero-order chi connectivity index (χ0) is 15.7. The number of anilines is 1. The lowest BCUT2D eigenvalue weighted by molar-refractivity contribution is 0.393. The maximum Gasteiger partial charge on any atom is 0.160 e. The van der Waals surface area contributed by atoms with E-state index in [1.807, 2.05) is 4.52 Å². The van der Waals surface area contributed by atoms with Crippen LogP contribution in [-0.2, 0) is 6.42 Å². The molecule has 3 rings (SSSR count). The second-order valence-electron chi connectivity index (χ2n) is 6.44. The van der Waals surface area contributed by atoms with Crippen LogP contribution >= 0.6 is 0 Å². The second kappa shape index (κ2) is 6.24. The molecule has 0 saturated carbocycles. The lowest BCUT2D eigenvalue weighted by Crippen LogP contribution is -2.37. The van der Waals surface area contributed by atoms with Gasteiger partial charge in [-0.1, -0.05) is 6.92 Å². The molecular weight excluding hydrogens is 274 g/mol. The largest absolute Gasteiger partial charge is 0.356 e. The molecule has 2 aromatic rings. The first-order valence-electron chi connectivity index (χ1n) is 8.45. The molecule has 1 saturated heterocycles. The molecule has 120 valence electrons. The van der Waals surface area contributed by atoms with Crippen molar-refractivity contribution in [3.05, 3.63) is 23.0 Å². The van der Waals surface area contributed by atoms with E-state index in [9.17, 15) is 0 Å². The van der Waals surface area contributed by atoms with E-state index >= 15 is 0 Å². The molecule has 22 heavy (non-hydrogen) atoms. The molecule has 2 N–H and O–H groups in total. The first-order valence-corrected chi connectivity index (χ1v) is 8.45. The fourth-order valence-corrected chi connectivity index (χ4v) is 3.41. The molecule has 1 atom stereocenters. The van der Waals surface area contributed by atoms with Crippen molar-refractivity contribution in [2.75, 3.05) is 24.5 Å². The van der Waals surface area contributed by atoms with Crippen molar-refractivity contribution in [1.82, 2.24) is 14.6 Å². The van der Waals surface area contributed by atoms with Gasteiger partial charge in [0.15, 0.2) is 5.65 Å². The Hall–Kier alpha value is -1.62. The molecule has 5 nitrogen and oxygen atoms in total. The standard InChI is InChI=1S/C17H27N5/c1-4-15-10-16(21-9-5-6-14(11-21)7-8-18)22-17(19-15)12(2)13(3)20-22/h10,14H,4-9,11,18H2,1-3H3. The molecule has 0 aliphatic carbocycles. The summed E-state index contributed by atoms with van der Waals surface area (Å²) in [6.07, 6.45) is 4.59. The number of aryl methyl sites for hydroxylation is 3. The van der Waals surface area contributed by atoms with Gasteiger partial charge in [-0.05, 0) is 52.0 Å². The summed E-state index contributed by atoms with van der Waals surface area (Å²) in [5.74, 6) is 1.89. The topological polar surface area (TPSA) is 59.5 Å². The fraction of sp³-hybridized carbons (Fsp3) is 0.647. The molecule has 0 amide bonds. The SMILES string of the molecule is CCc1cc(N2CCCC(CCN)C2)n2nc(C)c(C)c2n1. The van der Waals surface area contributed by atoms with Crippen LogP contribution in [0, 0.1) is 19.8 Å². The summed E-state index contributed by atoms with van der Waals surface area (Å²) in [5.41, 5.74) is 10.2. The second-order valence-corrected chi connectivity index (χ2v) is 6.44. The maximum absolute atomic E-state index is 5.76. The Kier molecular flexibility index (Phi) is 4.34. The summed E-state index contributed by atoms with van der Waals surface area (Å²) in [4.78, 5) is 7.25. The summed E-state index contributed by atoms with van der Waals surface area (Å²) in [6.45, 7) is 9.30. The molecule has 1 unspecified atom stereocenters. The Morgan fingerprint density at radius 2 is 2.18 bits per heavy atom. The summed E-state index contributed by atoms with van der Waals surface area (Å²) in [5, 5.41) is 4.72. The molecule has 0 aromatic carbocycles. The van der Waals surface area contributed by atoms with Crippen LogP contribution in [0.1, 0.15) is 43.1 Å². The van der Waals surface area contributed by atoms with Crippen LogP contribution in [0.25, 0.3) is 5.65 Å². The van der Waals surface area contributed by atoms with E-state index in [2.05, 4.69) is 31.7 Å². The van der Waals surface area contributed by atoms with Gasteiger partial charge in [-0.15, -0.1) is 0 Å². The molecule has 1 fully saturated rings. The minimum atomic E-state index is 0.699. The smallest absolute Gasteiger partial charge is 0.160 e. The summed E-state index contributed by atoms with van der Waals surface area (Å²) in [7, 11) is 0. The molecule has 2 aromatic heterocycles. The van der Waals surface area contributed by atoms with Crippen LogP contribution in [0.4, 0.5) is 5.82 Å². The van der Waals surface area contributed by atoms with Crippen molar-refractivity contribution in [3.8, 4) is 0 Å². The van der Waals surface area contributed by atoms with Gasteiger partial charge in [-0.2, -0.15) is 9.61 Å². The van der Waals surface area contributed by atoms with E-state index in [1.54, 1.807) is 0 Å². The highest BCUT2D eigenvalue weighted by Gasteiger charge is 2.23. The average Bonchev–Trinajstić information content (AvgIpc) is 2.82. The molecule has 5 heteroatoms. The van der Waals surface area contributed by atoms with Gasteiger partial charge in [0.2, 0.25) is 0 Å². The molecular formula is C17H27N5. The molecule has 0 bridgehead atoms. The first-order chi connectivity index (χ1) is 10.6.